The highest BCUT2D eigenvalue weighted by Gasteiger charge is 2.12. The van der Waals surface area contributed by atoms with Crippen LogP contribution in [0.25, 0.3) is 0 Å². The predicted octanol–water partition coefficient (Wildman–Crippen LogP) is 1.57. The Morgan fingerprint density at radius 3 is 3.20 bits per heavy atom. The Bertz CT molecular complexity index is 255. The molecule has 1 aliphatic heterocycles. The van der Waals surface area contributed by atoms with Crippen molar-refractivity contribution in [3.63, 3.8) is 0 Å². The first-order valence-corrected chi connectivity index (χ1v) is 3.04. The molecule has 2 heteroatoms. The van der Waals surface area contributed by atoms with Crippen molar-refractivity contribution in [2.45, 2.75) is 6.61 Å². The van der Waals surface area contributed by atoms with E-state index in [1.54, 1.807) is 6.07 Å². The van der Waals surface area contributed by atoms with Crippen molar-refractivity contribution in [3.8, 4) is 5.75 Å². The van der Waals surface area contributed by atoms with Crippen molar-refractivity contribution in [3.05, 3.63) is 36.2 Å². The molecule has 2 nitrogen and oxygen atoms in total. The van der Waals surface area contributed by atoms with Crippen LogP contribution in [0.2, 0.25) is 0 Å². The van der Waals surface area contributed by atoms with Crippen molar-refractivity contribution >= 4 is 0 Å². The van der Waals surface area contributed by atoms with Crippen LogP contribution in [0.4, 0.5) is 0 Å². The quantitative estimate of drug-likeness (QED) is 0.501. The summed E-state index contributed by atoms with van der Waals surface area (Å²) in [5.74, 6) is 0.736. The third-order valence-corrected chi connectivity index (χ3v) is 1.45. The van der Waals surface area contributed by atoms with Crippen LogP contribution in [0.15, 0.2) is 18.2 Å². The molecule has 0 aromatic heterocycles. The number of hydrogen-bond acceptors (Lipinski definition) is 2. The van der Waals surface area contributed by atoms with Crippen molar-refractivity contribution in [2.24, 2.45) is 0 Å². The molecular formula is C8H6O2. The fourth-order valence-corrected chi connectivity index (χ4v) is 0.924. The molecule has 50 valence electrons. The molecule has 1 aromatic rings. The maximum atomic E-state index is 5.50. The lowest BCUT2D eigenvalue weighted by Gasteiger charge is -1.94. The molecule has 0 amide bonds. The summed E-state index contributed by atoms with van der Waals surface area (Å²) < 4.78 is 0. The van der Waals surface area contributed by atoms with Crippen molar-refractivity contribution in [1.82, 2.24) is 0 Å². The highest BCUT2D eigenvalue weighted by Crippen LogP contribution is 2.26. The van der Waals surface area contributed by atoms with Gasteiger partial charge in [0.2, 0.25) is 0 Å². The summed E-state index contributed by atoms with van der Waals surface area (Å²) >= 11 is 0. The van der Waals surface area contributed by atoms with E-state index in [0.717, 1.165) is 11.3 Å². The van der Waals surface area contributed by atoms with Crippen molar-refractivity contribution < 1.29 is 9.78 Å². The molecule has 10 heavy (non-hydrogen) atoms. The van der Waals surface area contributed by atoms with Gasteiger partial charge in [0, 0.05) is 5.56 Å². The second-order valence-electron chi connectivity index (χ2n) is 2.21. The molecule has 0 saturated heterocycles. The third kappa shape index (κ3) is 0.772. The molecule has 0 saturated carbocycles. The van der Waals surface area contributed by atoms with Gasteiger partial charge < -0.3 is 4.89 Å². The Labute approximate surface area is 59.3 Å². The molecule has 0 spiro atoms. The summed E-state index contributed by atoms with van der Waals surface area (Å²) in [5.41, 5.74) is 1.75. The lowest BCUT2D eigenvalue weighted by atomic mass is 10.1. The van der Waals surface area contributed by atoms with Gasteiger partial charge in [-0.25, -0.2) is 0 Å². The number of rotatable bonds is 0. The summed E-state index contributed by atoms with van der Waals surface area (Å²) in [4.78, 5) is 9.51. The second kappa shape index (κ2) is 1.99. The second-order valence-corrected chi connectivity index (χ2v) is 2.21. The normalized spacial score (nSPS) is 14.5. The van der Waals surface area contributed by atoms with E-state index in [0.29, 0.717) is 12.2 Å². The van der Waals surface area contributed by atoms with E-state index in [1.165, 1.54) is 0 Å². The minimum Gasteiger partial charge on any atom is -0.337 e. The van der Waals surface area contributed by atoms with Gasteiger partial charge in [-0.2, -0.15) is 4.89 Å². The van der Waals surface area contributed by atoms with E-state index in [1.807, 2.05) is 12.1 Å². The maximum absolute atomic E-state index is 5.50. The largest absolute Gasteiger partial charge is 0.337 e. The summed E-state index contributed by atoms with van der Waals surface area (Å²) in [5, 5.41) is 0. The minimum absolute atomic E-state index is 0.523. The molecule has 0 fully saturated rings. The summed E-state index contributed by atoms with van der Waals surface area (Å²) in [7, 11) is 0. The van der Waals surface area contributed by atoms with Gasteiger partial charge in [0.25, 0.3) is 0 Å². The molecule has 0 atom stereocenters. The van der Waals surface area contributed by atoms with Gasteiger partial charge in [-0.1, -0.05) is 12.1 Å². The van der Waals surface area contributed by atoms with E-state index in [-0.39, 0.29) is 0 Å². The summed E-state index contributed by atoms with van der Waals surface area (Å²) in [6.45, 7) is 6.02. The maximum Gasteiger partial charge on any atom is 0.171 e. The average Bonchev–Trinajstić information content (AvgIpc) is 2.33. The molecule has 0 bridgehead atoms. The molecule has 1 aliphatic rings. The predicted molar refractivity (Wildman–Crippen MR) is 35.3 cm³/mol. The Morgan fingerprint density at radius 1 is 1.40 bits per heavy atom. The van der Waals surface area contributed by atoms with Crippen LogP contribution in [-0.2, 0) is 11.5 Å². The van der Waals surface area contributed by atoms with Crippen LogP contribution < -0.4 is 4.89 Å². The monoisotopic (exact) mass is 134 g/mol. The summed E-state index contributed by atoms with van der Waals surface area (Å²) in [6.07, 6.45) is 0. The van der Waals surface area contributed by atoms with E-state index in [2.05, 4.69) is 0 Å². The number of fused-ring (bicyclic) bond motifs is 1. The van der Waals surface area contributed by atoms with Gasteiger partial charge in [0.1, 0.15) is 6.61 Å². The van der Waals surface area contributed by atoms with Crippen molar-refractivity contribution in [2.75, 3.05) is 0 Å². The lowest BCUT2D eigenvalue weighted by Crippen LogP contribution is -1.81. The standard InChI is InChI=1S/C8H6O2/c1-6-2-3-7-5-9-10-8(7)4-6/h1-4H,5H2. The van der Waals surface area contributed by atoms with E-state index < -0.39 is 0 Å². The minimum atomic E-state index is 0.523. The van der Waals surface area contributed by atoms with Crippen LogP contribution in [0, 0.1) is 6.92 Å². The third-order valence-electron chi connectivity index (χ3n) is 1.45. The van der Waals surface area contributed by atoms with Gasteiger partial charge in [0.05, 0.1) is 0 Å². The van der Waals surface area contributed by atoms with Gasteiger partial charge in [-0.05, 0) is 18.6 Å². The summed E-state index contributed by atoms with van der Waals surface area (Å²) in [6, 6.07) is 5.48. The van der Waals surface area contributed by atoms with Crippen LogP contribution >= 0.6 is 0 Å². The van der Waals surface area contributed by atoms with Crippen LogP contribution in [-0.4, -0.2) is 0 Å². The highest BCUT2D eigenvalue weighted by atomic mass is 17.2. The molecule has 0 aliphatic carbocycles. The van der Waals surface area contributed by atoms with Gasteiger partial charge >= 0.3 is 0 Å². The molecule has 2 radical (unpaired) electrons. The van der Waals surface area contributed by atoms with E-state index in [4.69, 9.17) is 16.7 Å². The van der Waals surface area contributed by atoms with Gasteiger partial charge in [0.15, 0.2) is 5.75 Å². The molecule has 1 aromatic carbocycles. The Hall–Kier alpha value is -1.02. The fourth-order valence-electron chi connectivity index (χ4n) is 0.924. The Balaban J connectivity index is 2.52. The number of benzene rings is 1. The lowest BCUT2D eigenvalue weighted by molar-refractivity contribution is -0.194. The zero-order chi connectivity index (χ0) is 6.97. The van der Waals surface area contributed by atoms with Gasteiger partial charge in [-0.3, -0.25) is 0 Å². The van der Waals surface area contributed by atoms with Crippen molar-refractivity contribution in [1.29, 1.82) is 0 Å². The number of hydrogen-bond donors (Lipinski definition) is 0. The van der Waals surface area contributed by atoms with Crippen LogP contribution in [0.5, 0.6) is 5.75 Å². The highest BCUT2D eigenvalue weighted by molar-refractivity contribution is 5.38. The van der Waals surface area contributed by atoms with E-state index >= 15 is 0 Å². The smallest absolute Gasteiger partial charge is 0.171 e. The Morgan fingerprint density at radius 2 is 2.30 bits per heavy atom. The van der Waals surface area contributed by atoms with Crippen LogP contribution in [0.1, 0.15) is 11.1 Å². The molecule has 0 unspecified atom stereocenters. The molecule has 2 rings (SSSR count). The molecule has 0 N–H and O–H groups in total. The fraction of sp³-hybridized carbons (Fsp3) is 0.125. The topological polar surface area (TPSA) is 18.5 Å². The molecular weight excluding hydrogens is 128 g/mol. The zero-order valence-corrected chi connectivity index (χ0v) is 5.33. The molecule has 1 heterocycles. The first kappa shape index (κ1) is 5.74. The van der Waals surface area contributed by atoms with Gasteiger partial charge in [-0.15, -0.1) is 0 Å². The van der Waals surface area contributed by atoms with E-state index in [9.17, 15) is 0 Å². The first-order chi connectivity index (χ1) is 4.86. The zero-order valence-electron chi connectivity index (χ0n) is 5.33. The first-order valence-electron chi connectivity index (χ1n) is 3.04. The van der Waals surface area contributed by atoms with Crippen LogP contribution in [0.3, 0.4) is 0 Å². The SMILES string of the molecule is [CH]c1ccc2c(c1)OOC2. The Kier molecular flexibility index (Phi) is 1.14. The average molecular weight is 134 g/mol.